The van der Waals surface area contributed by atoms with Crippen LogP contribution in [0.25, 0.3) is 11.1 Å². The Labute approximate surface area is 126 Å². The summed E-state index contributed by atoms with van der Waals surface area (Å²) in [6, 6.07) is 10.3. The fourth-order valence-corrected chi connectivity index (χ4v) is 3.68. The van der Waals surface area contributed by atoms with Gasteiger partial charge >= 0.3 is 0 Å². The lowest BCUT2D eigenvalue weighted by Crippen LogP contribution is -2.18. The molecule has 1 N–H and O–H groups in total. The zero-order valence-electron chi connectivity index (χ0n) is 13.0. The van der Waals surface area contributed by atoms with E-state index in [1.165, 1.54) is 22.3 Å². The van der Waals surface area contributed by atoms with Crippen molar-refractivity contribution >= 4 is 0 Å². The monoisotopic (exact) mass is 283 g/mol. The van der Waals surface area contributed by atoms with Gasteiger partial charge in [0.25, 0.3) is 0 Å². The van der Waals surface area contributed by atoms with Crippen LogP contribution in [0.15, 0.2) is 30.3 Å². The molecule has 0 amide bonds. The van der Waals surface area contributed by atoms with Gasteiger partial charge < -0.3 is 5.32 Å². The van der Waals surface area contributed by atoms with Crippen molar-refractivity contribution in [2.24, 2.45) is 0 Å². The molecule has 3 rings (SSSR count). The molecule has 2 aromatic carbocycles. The van der Waals surface area contributed by atoms with Crippen molar-refractivity contribution in [3.8, 4) is 11.1 Å². The van der Waals surface area contributed by atoms with Crippen molar-refractivity contribution in [3.63, 3.8) is 0 Å². The Balaban J connectivity index is 2.14. The van der Waals surface area contributed by atoms with Gasteiger partial charge in [0.15, 0.2) is 0 Å². The van der Waals surface area contributed by atoms with Crippen LogP contribution in [0, 0.1) is 19.7 Å². The highest BCUT2D eigenvalue weighted by atomic mass is 19.1. The fourth-order valence-electron chi connectivity index (χ4n) is 3.68. The van der Waals surface area contributed by atoms with E-state index in [4.69, 9.17) is 0 Å². The van der Waals surface area contributed by atoms with Crippen molar-refractivity contribution in [1.29, 1.82) is 0 Å². The number of nitrogens with one attached hydrogen (secondary N) is 1. The van der Waals surface area contributed by atoms with E-state index < -0.39 is 0 Å². The van der Waals surface area contributed by atoms with Crippen LogP contribution in [-0.2, 0) is 6.42 Å². The number of rotatable bonds is 3. The van der Waals surface area contributed by atoms with Crippen molar-refractivity contribution in [3.05, 3.63) is 58.4 Å². The first-order valence-electron chi connectivity index (χ1n) is 7.74. The van der Waals surface area contributed by atoms with E-state index in [-0.39, 0.29) is 5.82 Å². The van der Waals surface area contributed by atoms with Gasteiger partial charge in [-0.15, -0.1) is 0 Å². The number of hydrogen-bond donors (Lipinski definition) is 1. The lowest BCUT2D eigenvalue weighted by atomic mass is 9.90. The summed E-state index contributed by atoms with van der Waals surface area (Å²) in [5.74, 6) is -0.146. The van der Waals surface area contributed by atoms with Gasteiger partial charge in [0.05, 0.1) is 0 Å². The van der Waals surface area contributed by atoms with E-state index in [9.17, 15) is 4.39 Å². The Morgan fingerprint density at radius 1 is 1.19 bits per heavy atom. The molecule has 0 saturated carbocycles. The molecule has 0 bridgehead atoms. The highest BCUT2D eigenvalue weighted by Crippen LogP contribution is 2.39. The van der Waals surface area contributed by atoms with Gasteiger partial charge in [0, 0.05) is 6.04 Å². The Hall–Kier alpha value is -1.67. The maximum absolute atomic E-state index is 13.6. The molecule has 1 atom stereocenters. The molecule has 1 aliphatic rings. The van der Waals surface area contributed by atoms with Gasteiger partial charge in [-0.2, -0.15) is 0 Å². The fraction of sp³-hybridized carbons (Fsp3) is 0.368. The van der Waals surface area contributed by atoms with Gasteiger partial charge in [-0.1, -0.05) is 25.1 Å². The number of fused-ring (bicyclic) bond motifs is 1. The van der Waals surface area contributed by atoms with Gasteiger partial charge in [-0.25, -0.2) is 4.39 Å². The van der Waals surface area contributed by atoms with E-state index >= 15 is 0 Å². The zero-order chi connectivity index (χ0) is 15.0. The van der Waals surface area contributed by atoms with Crippen molar-refractivity contribution in [1.82, 2.24) is 5.32 Å². The molecule has 1 nitrogen and oxygen atoms in total. The van der Waals surface area contributed by atoms with E-state index in [0.717, 1.165) is 30.5 Å². The third-order valence-corrected chi connectivity index (χ3v) is 4.49. The summed E-state index contributed by atoms with van der Waals surface area (Å²) in [6.07, 6.45) is 2.25. The summed E-state index contributed by atoms with van der Waals surface area (Å²) >= 11 is 0. The van der Waals surface area contributed by atoms with Crippen LogP contribution in [0.1, 0.15) is 41.6 Å². The smallest absolute Gasteiger partial charge is 0.123 e. The molecule has 21 heavy (non-hydrogen) atoms. The Kier molecular flexibility index (Phi) is 3.81. The maximum atomic E-state index is 13.6. The van der Waals surface area contributed by atoms with Crippen LogP contribution in [0.5, 0.6) is 0 Å². The molecule has 2 heteroatoms. The van der Waals surface area contributed by atoms with E-state index in [0.29, 0.717) is 6.04 Å². The maximum Gasteiger partial charge on any atom is 0.123 e. The van der Waals surface area contributed by atoms with E-state index in [1.54, 1.807) is 12.1 Å². The second-order valence-electron chi connectivity index (χ2n) is 5.94. The van der Waals surface area contributed by atoms with E-state index in [1.807, 2.05) is 13.8 Å². The summed E-state index contributed by atoms with van der Waals surface area (Å²) in [7, 11) is 0. The summed E-state index contributed by atoms with van der Waals surface area (Å²) in [4.78, 5) is 0. The molecule has 0 radical (unpaired) electrons. The predicted octanol–water partition coefficient (Wildman–Crippen LogP) is 4.71. The highest BCUT2D eigenvalue weighted by molar-refractivity contribution is 5.75. The van der Waals surface area contributed by atoms with Crippen LogP contribution in [0.2, 0.25) is 0 Å². The Morgan fingerprint density at radius 2 is 1.90 bits per heavy atom. The predicted molar refractivity (Wildman–Crippen MR) is 86.0 cm³/mol. The van der Waals surface area contributed by atoms with Crippen molar-refractivity contribution in [2.75, 3.05) is 6.54 Å². The largest absolute Gasteiger partial charge is 0.310 e. The number of halogens is 1. The molecule has 0 heterocycles. The lowest BCUT2D eigenvalue weighted by molar-refractivity contribution is 0.549. The minimum atomic E-state index is -0.146. The van der Waals surface area contributed by atoms with Crippen LogP contribution in [0.4, 0.5) is 4.39 Å². The normalized spacial score (nSPS) is 17.0. The minimum Gasteiger partial charge on any atom is -0.310 e. The van der Waals surface area contributed by atoms with Crippen molar-refractivity contribution < 1.29 is 4.39 Å². The van der Waals surface area contributed by atoms with E-state index in [2.05, 4.69) is 30.4 Å². The molecule has 0 saturated heterocycles. The van der Waals surface area contributed by atoms with Crippen LogP contribution in [-0.4, -0.2) is 6.54 Å². The average molecular weight is 283 g/mol. The third-order valence-electron chi connectivity index (χ3n) is 4.49. The molecule has 0 aliphatic heterocycles. The molecule has 2 aromatic rings. The molecule has 1 aliphatic carbocycles. The molecule has 110 valence electrons. The van der Waals surface area contributed by atoms with Crippen molar-refractivity contribution in [2.45, 2.75) is 39.7 Å². The number of benzene rings is 2. The molecule has 0 fully saturated rings. The summed E-state index contributed by atoms with van der Waals surface area (Å²) in [5.41, 5.74) is 7.37. The molecule has 0 aromatic heterocycles. The zero-order valence-corrected chi connectivity index (χ0v) is 13.0. The average Bonchev–Trinajstić information content (AvgIpc) is 2.82. The summed E-state index contributed by atoms with van der Waals surface area (Å²) < 4.78 is 13.6. The second kappa shape index (κ2) is 5.61. The first-order chi connectivity index (χ1) is 10.1. The number of hydrogen-bond acceptors (Lipinski definition) is 1. The summed E-state index contributed by atoms with van der Waals surface area (Å²) in [5, 5.41) is 3.56. The van der Waals surface area contributed by atoms with Gasteiger partial charge in [0.1, 0.15) is 5.82 Å². The first-order valence-corrected chi connectivity index (χ1v) is 7.74. The SMILES string of the molecule is CCNC1CCc2c(-c3c(C)cc(F)cc3C)cccc21. The quantitative estimate of drug-likeness (QED) is 0.860. The summed E-state index contributed by atoms with van der Waals surface area (Å²) in [6.45, 7) is 7.14. The number of aryl methyl sites for hydroxylation is 2. The Morgan fingerprint density at radius 3 is 2.57 bits per heavy atom. The van der Waals surface area contributed by atoms with Crippen LogP contribution >= 0.6 is 0 Å². The molecular weight excluding hydrogens is 261 g/mol. The van der Waals surface area contributed by atoms with Gasteiger partial charge in [0.2, 0.25) is 0 Å². The minimum absolute atomic E-state index is 0.146. The Bertz CT molecular complexity index is 652. The van der Waals surface area contributed by atoms with Gasteiger partial charge in [-0.3, -0.25) is 0 Å². The van der Waals surface area contributed by atoms with Gasteiger partial charge in [-0.05, 0) is 78.7 Å². The van der Waals surface area contributed by atoms with Crippen LogP contribution in [0.3, 0.4) is 0 Å². The second-order valence-corrected chi connectivity index (χ2v) is 5.94. The molecule has 1 unspecified atom stereocenters. The standard InChI is InChI=1S/C19H22FN/c1-4-21-18-9-8-15-16(18)6-5-7-17(15)19-12(2)10-14(20)11-13(19)3/h5-7,10-11,18,21H,4,8-9H2,1-3H3. The third kappa shape index (κ3) is 2.49. The molecular formula is C19H22FN. The molecule has 0 spiro atoms. The lowest BCUT2D eigenvalue weighted by Gasteiger charge is -2.16. The topological polar surface area (TPSA) is 12.0 Å². The first kappa shape index (κ1) is 14.3. The highest BCUT2D eigenvalue weighted by Gasteiger charge is 2.25. The van der Waals surface area contributed by atoms with Crippen LogP contribution < -0.4 is 5.32 Å².